The summed E-state index contributed by atoms with van der Waals surface area (Å²) in [5, 5.41) is 18.4. The molecule has 1 heterocycles. The van der Waals surface area contributed by atoms with Crippen LogP contribution in [0.3, 0.4) is 0 Å². The van der Waals surface area contributed by atoms with Crippen molar-refractivity contribution in [3.05, 3.63) is 28.8 Å². The third-order valence-electron chi connectivity index (χ3n) is 3.06. The van der Waals surface area contributed by atoms with Gasteiger partial charge in [-0.05, 0) is 31.0 Å². The maximum Gasteiger partial charge on any atom is 0.243 e. The van der Waals surface area contributed by atoms with Crippen LogP contribution in [0.5, 0.6) is 0 Å². The van der Waals surface area contributed by atoms with E-state index in [0.717, 1.165) is 0 Å². The molecule has 0 aromatic heterocycles. The first-order chi connectivity index (χ1) is 8.95. The third-order valence-corrected chi connectivity index (χ3v) is 5.23. The number of nitriles is 1. The van der Waals surface area contributed by atoms with Crippen LogP contribution in [0, 0.1) is 11.3 Å². The van der Waals surface area contributed by atoms with E-state index in [-0.39, 0.29) is 22.0 Å². The highest BCUT2D eigenvalue weighted by Crippen LogP contribution is 2.25. The first-order valence-corrected chi connectivity index (χ1v) is 7.65. The van der Waals surface area contributed by atoms with Crippen LogP contribution in [0.15, 0.2) is 23.1 Å². The smallest absolute Gasteiger partial charge is 0.243 e. The van der Waals surface area contributed by atoms with E-state index >= 15 is 0 Å². The Morgan fingerprint density at radius 2 is 2.21 bits per heavy atom. The number of aliphatic hydroxyl groups excluding tert-OH is 1. The normalized spacial score (nSPS) is 21.0. The molecule has 1 atom stereocenters. The standard InChI is InChI=1S/C12H13ClN2O3S/c13-12-6-11(4-3-9(12)7-14)19(17,18)15-5-1-2-10(16)8-15/h3-4,6,10,16H,1-2,5,8H2/t10-/m0/s1. The van der Waals surface area contributed by atoms with Gasteiger partial charge in [0.05, 0.1) is 21.6 Å². The molecule has 0 bridgehead atoms. The highest BCUT2D eigenvalue weighted by Gasteiger charge is 2.29. The number of aliphatic hydroxyl groups is 1. The van der Waals surface area contributed by atoms with Gasteiger partial charge in [0.15, 0.2) is 0 Å². The molecule has 0 saturated carbocycles. The van der Waals surface area contributed by atoms with Crippen LogP contribution >= 0.6 is 11.6 Å². The summed E-state index contributed by atoms with van der Waals surface area (Å²) < 4.78 is 26.0. The van der Waals surface area contributed by atoms with E-state index in [0.29, 0.717) is 19.4 Å². The Bertz CT molecular complexity index is 624. The molecule has 7 heteroatoms. The topological polar surface area (TPSA) is 81.4 Å². The molecule has 1 aromatic rings. The molecular formula is C12H13ClN2O3S. The van der Waals surface area contributed by atoms with Crippen LogP contribution in [0.25, 0.3) is 0 Å². The van der Waals surface area contributed by atoms with Gasteiger partial charge in [-0.3, -0.25) is 0 Å². The van der Waals surface area contributed by atoms with Crippen LogP contribution in [-0.4, -0.2) is 37.0 Å². The molecule has 5 nitrogen and oxygen atoms in total. The molecule has 1 saturated heterocycles. The second kappa shape index (κ2) is 5.47. The number of halogens is 1. The van der Waals surface area contributed by atoms with Crippen molar-refractivity contribution in [2.75, 3.05) is 13.1 Å². The Morgan fingerprint density at radius 3 is 2.79 bits per heavy atom. The fourth-order valence-electron chi connectivity index (χ4n) is 2.04. The van der Waals surface area contributed by atoms with Gasteiger partial charge in [-0.2, -0.15) is 9.57 Å². The van der Waals surface area contributed by atoms with Gasteiger partial charge < -0.3 is 5.11 Å². The van der Waals surface area contributed by atoms with E-state index in [9.17, 15) is 13.5 Å². The van der Waals surface area contributed by atoms with Crippen LogP contribution in [0.2, 0.25) is 5.02 Å². The van der Waals surface area contributed by atoms with Crippen LogP contribution in [0.4, 0.5) is 0 Å². The van der Waals surface area contributed by atoms with Crippen molar-refractivity contribution in [1.82, 2.24) is 4.31 Å². The molecule has 19 heavy (non-hydrogen) atoms. The van der Waals surface area contributed by atoms with Crippen LogP contribution < -0.4 is 0 Å². The van der Waals surface area contributed by atoms with Gasteiger partial charge in [-0.25, -0.2) is 8.42 Å². The van der Waals surface area contributed by atoms with Crippen molar-refractivity contribution in [2.45, 2.75) is 23.8 Å². The summed E-state index contributed by atoms with van der Waals surface area (Å²) in [5.74, 6) is 0. The second-order valence-electron chi connectivity index (χ2n) is 4.41. The fraction of sp³-hybridized carbons (Fsp3) is 0.417. The monoisotopic (exact) mass is 300 g/mol. The van der Waals surface area contributed by atoms with Crippen LogP contribution in [0.1, 0.15) is 18.4 Å². The van der Waals surface area contributed by atoms with Gasteiger partial charge in [0.25, 0.3) is 0 Å². The average Bonchev–Trinajstić information content (AvgIpc) is 2.38. The number of rotatable bonds is 2. The number of β-amino-alcohol motifs (C(OH)–C–C–N with tert-alkyl or cyclic N) is 1. The maximum absolute atomic E-state index is 12.4. The molecule has 1 aromatic carbocycles. The third kappa shape index (κ3) is 2.90. The van der Waals surface area contributed by atoms with Gasteiger partial charge in [-0.15, -0.1) is 0 Å². The Hall–Kier alpha value is -1.13. The van der Waals surface area contributed by atoms with E-state index in [1.165, 1.54) is 22.5 Å². The van der Waals surface area contributed by atoms with Gasteiger partial charge in [0.1, 0.15) is 6.07 Å². The summed E-state index contributed by atoms with van der Waals surface area (Å²) in [7, 11) is -3.66. The Labute approximate surface area is 117 Å². The minimum Gasteiger partial charge on any atom is -0.392 e. The van der Waals surface area contributed by atoms with E-state index in [1.807, 2.05) is 6.07 Å². The summed E-state index contributed by atoms with van der Waals surface area (Å²) in [6.45, 7) is 0.483. The zero-order valence-corrected chi connectivity index (χ0v) is 11.7. The van der Waals surface area contributed by atoms with Crippen molar-refractivity contribution in [3.63, 3.8) is 0 Å². The molecule has 0 unspecified atom stereocenters. The Morgan fingerprint density at radius 1 is 1.47 bits per heavy atom. The average molecular weight is 301 g/mol. The number of hydrogen-bond donors (Lipinski definition) is 1. The molecule has 1 aliphatic rings. The second-order valence-corrected chi connectivity index (χ2v) is 6.76. The Kier molecular flexibility index (Phi) is 4.11. The number of piperidine rings is 1. The van der Waals surface area contributed by atoms with E-state index in [2.05, 4.69) is 0 Å². The van der Waals surface area contributed by atoms with E-state index in [1.54, 1.807) is 0 Å². The van der Waals surface area contributed by atoms with E-state index in [4.69, 9.17) is 16.9 Å². The number of sulfonamides is 1. The predicted molar refractivity (Wildman–Crippen MR) is 70.2 cm³/mol. The van der Waals surface area contributed by atoms with Crippen molar-refractivity contribution in [2.24, 2.45) is 0 Å². The summed E-state index contributed by atoms with van der Waals surface area (Å²) >= 11 is 5.85. The molecule has 1 aliphatic heterocycles. The molecule has 0 aliphatic carbocycles. The first-order valence-electron chi connectivity index (χ1n) is 5.83. The predicted octanol–water partition coefficient (Wildman–Crippen LogP) is 1.36. The first kappa shape index (κ1) is 14.3. The molecular weight excluding hydrogens is 288 g/mol. The minimum atomic E-state index is -3.66. The summed E-state index contributed by atoms with van der Waals surface area (Å²) in [6, 6.07) is 5.90. The molecule has 102 valence electrons. The van der Waals surface area contributed by atoms with Gasteiger partial charge in [0, 0.05) is 13.1 Å². The molecule has 0 spiro atoms. The van der Waals surface area contributed by atoms with Crippen molar-refractivity contribution in [1.29, 1.82) is 5.26 Å². The summed E-state index contributed by atoms with van der Waals surface area (Å²) in [5.41, 5.74) is 0.235. The quantitative estimate of drug-likeness (QED) is 0.894. The molecule has 1 fully saturated rings. The SMILES string of the molecule is N#Cc1ccc(S(=O)(=O)N2CCC[C@H](O)C2)cc1Cl. The molecule has 1 N–H and O–H groups in total. The molecule has 0 amide bonds. The highest BCUT2D eigenvalue weighted by molar-refractivity contribution is 7.89. The maximum atomic E-state index is 12.4. The van der Waals surface area contributed by atoms with Crippen LogP contribution in [-0.2, 0) is 10.0 Å². The van der Waals surface area contributed by atoms with Crippen molar-refractivity contribution >= 4 is 21.6 Å². The lowest BCUT2D eigenvalue weighted by atomic mass is 10.1. The van der Waals surface area contributed by atoms with E-state index < -0.39 is 16.1 Å². The van der Waals surface area contributed by atoms with Gasteiger partial charge in [-0.1, -0.05) is 11.6 Å². The highest BCUT2D eigenvalue weighted by atomic mass is 35.5. The zero-order valence-electron chi connectivity index (χ0n) is 10.1. The number of nitrogens with zero attached hydrogens (tertiary/aromatic N) is 2. The number of benzene rings is 1. The molecule has 0 radical (unpaired) electrons. The summed E-state index contributed by atoms with van der Waals surface area (Å²) in [4.78, 5) is 0.0469. The van der Waals surface area contributed by atoms with Crippen molar-refractivity contribution < 1.29 is 13.5 Å². The van der Waals surface area contributed by atoms with Gasteiger partial charge >= 0.3 is 0 Å². The number of hydrogen-bond acceptors (Lipinski definition) is 4. The zero-order chi connectivity index (χ0) is 14.0. The Balaban J connectivity index is 2.34. The fourth-order valence-corrected chi connectivity index (χ4v) is 3.87. The van der Waals surface area contributed by atoms with Gasteiger partial charge in [0.2, 0.25) is 10.0 Å². The lowest BCUT2D eigenvalue weighted by molar-refractivity contribution is 0.108. The minimum absolute atomic E-state index is 0.0469. The lowest BCUT2D eigenvalue weighted by Gasteiger charge is -2.29. The summed E-state index contributed by atoms with van der Waals surface area (Å²) in [6.07, 6.45) is 0.613. The van der Waals surface area contributed by atoms with Crippen molar-refractivity contribution in [3.8, 4) is 6.07 Å². The lowest BCUT2D eigenvalue weighted by Crippen LogP contribution is -2.42. The molecule has 2 rings (SSSR count). The largest absolute Gasteiger partial charge is 0.392 e.